The fourth-order valence-corrected chi connectivity index (χ4v) is 1.54. The van der Waals surface area contributed by atoms with Crippen LogP contribution in [0.2, 0.25) is 0 Å². The van der Waals surface area contributed by atoms with Gasteiger partial charge >= 0.3 is 5.97 Å². The Labute approximate surface area is 91.4 Å². The van der Waals surface area contributed by atoms with Gasteiger partial charge in [-0.25, -0.2) is 0 Å². The number of carbonyl (C=O) groups excluding carboxylic acids is 1. The third-order valence-electron chi connectivity index (χ3n) is 1.93. The molecule has 1 aromatic carbocycles. The Kier molecular flexibility index (Phi) is 3.95. The van der Waals surface area contributed by atoms with E-state index in [0.29, 0.717) is 18.5 Å². The van der Waals surface area contributed by atoms with Gasteiger partial charge in [0.1, 0.15) is 0 Å². The van der Waals surface area contributed by atoms with Crippen LogP contribution in [0.3, 0.4) is 0 Å². The third kappa shape index (κ3) is 3.03. The van der Waals surface area contributed by atoms with Crippen LogP contribution in [0.1, 0.15) is 12.0 Å². The third-order valence-corrected chi connectivity index (χ3v) is 2.42. The number of methoxy groups -OCH3 is 1. The summed E-state index contributed by atoms with van der Waals surface area (Å²) in [6.07, 6.45) is 0.967. The molecule has 0 bridgehead atoms. The van der Waals surface area contributed by atoms with Crippen LogP contribution in [0.25, 0.3) is 0 Å². The molecule has 0 unspecified atom stereocenters. The maximum Gasteiger partial charge on any atom is 0.305 e. The van der Waals surface area contributed by atoms with Gasteiger partial charge in [-0.1, -0.05) is 15.9 Å². The Morgan fingerprint density at radius 2 is 2.29 bits per heavy atom. The standard InChI is InChI=1S/C10H12BrNO2/c1-14-10(13)5-2-7-6-8(11)3-4-9(7)12/h3-4,6H,2,5,12H2,1H3. The zero-order valence-electron chi connectivity index (χ0n) is 7.92. The molecule has 3 nitrogen and oxygen atoms in total. The topological polar surface area (TPSA) is 52.3 Å². The lowest BCUT2D eigenvalue weighted by molar-refractivity contribution is -0.140. The molecule has 0 heterocycles. The van der Waals surface area contributed by atoms with E-state index in [2.05, 4.69) is 20.7 Å². The average molecular weight is 258 g/mol. The molecule has 0 atom stereocenters. The highest BCUT2D eigenvalue weighted by Gasteiger charge is 2.04. The summed E-state index contributed by atoms with van der Waals surface area (Å²) >= 11 is 3.35. The summed E-state index contributed by atoms with van der Waals surface area (Å²) in [6, 6.07) is 5.60. The van der Waals surface area contributed by atoms with E-state index in [9.17, 15) is 4.79 Å². The highest BCUT2D eigenvalue weighted by atomic mass is 79.9. The van der Waals surface area contributed by atoms with E-state index < -0.39 is 0 Å². The van der Waals surface area contributed by atoms with Crippen LogP contribution in [0, 0.1) is 0 Å². The smallest absolute Gasteiger partial charge is 0.305 e. The van der Waals surface area contributed by atoms with E-state index in [-0.39, 0.29) is 5.97 Å². The van der Waals surface area contributed by atoms with Gasteiger partial charge in [-0.3, -0.25) is 4.79 Å². The highest BCUT2D eigenvalue weighted by molar-refractivity contribution is 9.10. The maximum absolute atomic E-state index is 10.9. The van der Waals surface area contributed by atoms with Crippen molar-refractivity contribution >= 4 is 27.6 Å². The molecule has 14 heavy (non-hydrogen) atoms. The zero-order chi connectivity index (χ0) is 10.6. The minimum Gasteiger partial charge on any atom is -0.469 e. The first-order valence-electron chi connectivity index (χ1n) is 4.24. The SMILES string of the molecule is COC(=O)CCc1cc(Br)ccc1N. The van der Waals surface area contributed by atoms with Gasteiger partial charge in [0.15, 0.2) is 0 Å². The Hall–Kier alpha value is -1.03. The van der Waals surface area contributed by atoms with Crippen LogP contribution in [-0.4, -0.2) is 13.1 Å². The first-order chi connectivity index (χ1) is 6.63. The molecule has 0 aliphatic rings. The lowest BCUT2D eigenvalue weighted by atomic mass is 10.1. The molecule has 1 rings (SSSR count). The monoisotopic (exact) mass is 257 g/mol. The van der Waals surface area contributed by atoms with Crippen molar-refractivity contribution in [3.05, 3.63) is 28.2 Å². The number of carbonyl (C=O) groups is 1. The fourth-order valence-electron chi connectivity index (χ4n) is 1.13. The molecule has 0 amide bonds. The molecular formula is C10H12BrNO2. The summed E-state index contributed by atoms with van der Waals surface area (Å²) in [5.41, 5.74) is 7.41. The molecule has 2 N–H and O–H groups in total. The van der Waals surface area contributed by atoms with E-state index in [0.717, 1.165) is 10.0 Å². The van der Waals surface area contributed by atoms with Crippen LogP contribution in [0.4, 0.5) is 5.69 Å². The maximum atomic E-state index is 10.9. The van der Waals surface area contributed by atoms with Crippen molar-refractivity contribution in [3.8, 4) is 0 Å². The number of aryl methyl sites for hydroxylation is 1. The van der Waals surface area contributed by atoms with Crippen LogP contribution in [0.5, 0.6) is 0 Å². The number of nitrogens with two attached hydrogens (primary N) is 1. The van der Waals surface area contributed by atoms with Crippen molar-refractivity contribution < 1.29 is 9.53 Å². The zero-order valence-corrected chi connectivity index (χ0v) is 9.50. The number of benzene rings is 1. The summed E-state index contributed by atoms with van der Waals surface area (Å²) in [7, 11) is 1.38. The van der Waals surface area contributed by atoms with Gasteiger partial charge in [-0.05, 0) is 30.2 Å². The van der Waals surface area contributed by atoms with Crippen molar-refractivity contribution in [2.45, 2.75) is 12.8 Å². The summed E-state index contributed by atoms with van der Waals surface area (Å²) in [6.45, 7) is 0. The molecule has 76 valence electrons. The first-order valence-corrected chi connectivity index (χ1v) is 5.03. The minimum absolute atomic E-state index is 0.218. The van der Waals surface area contributed by atoms with Crippen LogP contribution in [-0.2, 0) is 16.0 Å². The molecule has 0 saturated heterocycles. The van der Waals surface area contributed by atoms with E-state index in [1.54, 1.807) is 0 Å². The second kappa shape index (κ2) is 5.00. The van der Waals surface area contributed by atoms with Gasteiger partial charge < -0.3 is 10.5 Å². The Morgan fingerprint density at radius 1 is 1.57 bits per heavy atom. The molecule has 0 saturated carbocycles. The van der Waals surface area contributed by atoms with Gasteiger partial charge in [0.2, 0.25) is 0 Å². The lowest BCUT2D eigenvalue weighted by Crippen LogP contribution is -2.03. The fraction of sp³-hybridized carbons (Fsp3) is 0.300. The number of ether oxygens (including phenoxy) is 1. The van der Waals surface area contributed by atoms with E-state index in [1.807, 2.05) is 18.2 Å². The quantitative estimate of drug-likeness (QED) is 0.667. The molecule has 0 aliphatic carbocycles. The van der Waals surface area contributed by atoms with E-state index >= 15 is 0 Å². The van der Waals surface area contributed by atoms with Gasteiger partial charge in [0.05, 0.1) is 7.11 Å². The van der Waals surface area contributed by atoms with Crippen molar-refractivity contribution in [2.24, 2.45) is 0 Å². The van der Waals surface area contributed by atoms with Crippen LogP contribution in [0.15, 0.2) is 22.7 Å². The summed E-state index contributed by atoms with van der Waals surface area (Å²) < 4.78 is 5.51. The van der Waals surface area contributed by atoms with Crippen molar-refractivity contribution in [1.82, 2.24) is 0 Å². The lowest BCUT2D eigenvalue weighted by Gasteiger charge is -2.05. The highest BCUT2D eigenvalue weighted by Crippen LogP contribution is 2.19. The molecule has 1 aromatic rings. The molecular weight excluding hydrogens is 246 g/mol. The second-order valence-corrected chi connectivity index (χ2v) is 3.83. The van der Waals surface area contributed by atoms with Gasteiger partial charge in [0.25, 0.3) is 0 Å². The Bertz CT molecular complexity index is 339. The van der Waals surface area contributed by atoms with Crippen molar-refractivity contribution in [3.63, 3.8) is 0 Å². The predicted molar refractivity (Wildman–Crippen MR) is 58.9 cm³/mol. The Balaban J connectivity index is 2.66. The van der Waals surface area contributed by atoms with Gasteiger partial charge in [-0.15, -0.1) is 0 Å². The predicted octanol–water partition coefficient (Wildman–Crippen LogP) is 2.14. The molecule has 0 aromatic heterocycles. The van der Waals surface area contributed by atoms with Crippen molar-refractivity contribution in [2.75, 3.05) is 12.8 Å². The van der Waals surface area contributed by atoms with Crippen LogP contribution < -0.4 is 5.73 Å². The summed E-state index contributed by atoms with van der Waals surface area (Å²) in [5, 5.41) is 0. The minimum atomic E-state index is -0.218. The second-order valence-electron chi connectivity index (χ2n) is 2.92. The number of hydrogen-bond acceptors (Lipinski definition) is 3. The van der Waals surface area contributed by atoms with Gasteiger partial charge in [0, 0.05) is 16.6 Å². The summed E-state index contributed by atoms with van der Waals surface area (Å²) in [4.78, 5) is 10.9. The number of anilines is 1. The number of halogens is 1. The largest absolute Gasteiger partial charge is 0.469 e. The average Bonchev–Trinajstić information content (AvgIpc) is 2.19. The molecule has 0 fully saturated rings. The molecule has 4 heteroatoms. The molecule has 0 radical (unpaired) electrons. The summed E-state index contributed by atoms with van der Waals surface area (Å²) in [5.74, 6) is -0.218. The first kappa shape index (κ1) is 11.0. The number of hydrogen-bond donors (Lipinski definition) is 1. The van der Waals surface area contributed by atoms with E-state index in [1.165, 1.54) is 7.11 Å². The van der Waals surface area contributed by atoms with E-state index in [4.69, 9.17) is 5.73 Å². The normalized spacial score (nSPS) is 9.86. The molecule has 0 spiro atoms. The molecule has 0 aliphatic heterocycles. The number of rotatable bonds is 3. The van der Waals surface area contributed by atoms with Crippen LogP contribution >= 0.6 is 15.9 Å². The number of esters is 1. The van der Waals surface area contributed by atoms with Gasteiger partial charge in [-0.2, -0.15) is 0 Å². The Morgan fingerprint density at radius 3 is 2.93 bits per heavy atom. The number of nitrogen functional groups attached to an aromatic ring is 1. The van der Waals surface area contributed by atoms with Crippen molar-refractivity contribution in [1.29, 1.82) is 0 Å².